The highest BCUT2D eigenvalue weighted by Gasteiger charge is 2.07. The van der Waals surface area contributed by atoms with Gasteiger partial charge in [0.25, 0.3) is 0 Å². The number of anilines is 2. The fourth-order valence-corrected chi connectivity index (χ4v) is 2.02. The van der Waals surface area contributed by atoms with Crippen molar-refractivity contribution >= 4 is 34.2 Å². The van der Waals surface area contributed by atoms with Gasteiger partial charge in [0.05, 0.1) is 6.04 Å². The van der Waals surface area contributed by atoms with Crippen molar-refractivity contribution in [3.05, 3.63) is 34.9 Å². The lowest BCUT2D eigenvalue weighted by molar-refractivity contribution is 0.882. The molecule has 84 valence electrons. The Balaban J connectivity index is 2.08. The first-order valence-electron chi connectivity index (χ1n) is 4.76. The lowest BCUT2D eigenvalue weighted by Crippen LogP contribution is -2.06. The number of nitrogen functional groups attached to an aromatic ring is 1. The van der Waals surface area contributed by atoms with Gasteiger partial charge in [0.2, 0.25) is 11.1 Å². The van der Waals surface area contributed by atoms with Crippen molar-refractivity contribution in [1.29, 1.82) is 0 Å². The van der Waals surface area contributed by atoms with Crippen LogP contribution < -0.4 is 11.1 Å². The molecule has 6 heteroatoms. The van der Waals surface area contributed by atoms with E-state index in [4.69, 9.17) is 17.3 Å². The number of halogens is 1. The van der Waals surface area contributed by atoms with E-state index in [9.17, 15) is 0 Å². The molecule has 0 aliphatic carbocycles. The quantitative estimate of drug-likeness (QED) is 0.884. The van der Waals surface area contributed by atoms with Crippen LogP contribution in [0.4, 0.5) is 11.1 Å². The number of nitrogens with two attached hydrogens (primary N) is 1. The topological polar surface area (TPSA) is 63.8 Å². The number of nitrogens with one attached hydrogen (secondary N) is 1. The molecule has 1 atom stereocenters. The monoisotopic (exact) mass is 254 g/mol. The number of nitrogens with zero attached hydrogens (tertiary/aromatic N) is 2. The third kappa shape index (κ3) is 2.62. The van der Waals surface area contributed by atoms with Crippen LogP contribution >= 0.6 is 23.1 Å². The second kappa shape index (κ2) is 4.67. The third-order valence-electron chi connectivity index (χ3n) is 2.15. The lowest BCUT2D eigenvalue weighted by atomic mass is 10.1. The standard InChI is InChI=1S/C10H11ClN4S/c1-6(7-2-4-8(11)5-3-7)13-10-14-9(12)15-16-10/h2-6H,1H3,(H3,12,13,14,15). The Bertz CT molecular complexity index is 468. The minimum Gasteiger partial charge on any atom is -0.367 e. The van der Waals surface area contributed by atoms with E-state index in [2.05, 4.69) is 14.7 Å². The molecule has 1 heterocycles. The smallest absolute Gasteiger partial charge is 0.233 e. The molecule has 0 fully saturated rings. The maximum Gasteiger partial charge on any atom is 0.233 e. The Morgan fingerprint density at radius 2 is 2.06 bits per heavy atom. The summed E-state index contributed by atoms with van der Waals surface area (Å²) in [7, 11) is 0. The largest absolute Gasteiger partial charge is 0.367 e. The molecular formula is C10H11ClN4S. The van der Waals surface area contributed by atoms with E-state index in [1.807, 2.05) is 31.2 Å². The molecular weight excluding hydrogens is 244 g/mol. The summed E-state index contributed by atoms with van der Waals surface area (Å²) in [6.07, 6.45) is 0. The van der Waals surface area contributed by atoms with Crippen molar-refractivity contribution < 1.29 is 0 Å². The Morgan fingerprint density at radius 3 is 2.62 bits per heavy atom. The van der Waals surface area contributed by atoms with Gasteiger partial charge in [-0.25, -0.2) is 0 Å². The van der Waals surface area contributed by atoms with Crippen LogP contribution in [0.3, 0.4) is 0 Å². The van der Waals surface area contributed by atoms with E-state index in [1.54, 1.807) is 0 Å². The van der Waals surface area contributed by atoms with Crippen molar-refractivity contribution in [1.82, 2.24) is 9.36 Å². The SMILES string of the molecule is CC(Nc1nc(N)ns1)c1ccc(Cl)cc1. The van der Waals surface area contributed by atoms with Gasteiger partial charge in [-0.1, -0.05) is 23.7 Å². The fraction of sp³-hybridized carbons (Fsp3) is 0.200. The van der Waals surface area contributed by atoms with Crippen LogP contribution in [0.1, 0.15) is 18.5 Å². The van der Waals surface area contributed by atoms with Crippen molar-refractivity contribution in [2.45, 2.75) is 13.0 Å². The summed E-state index contributed by atoms with van der Waals surface area (Å²) in [5, 5.41) is 4.67. The number of rotatable bonds is 3. The summed E-state index contributed by atoms with van der Waals surface area (Å²) in [6.45, 7) is 2.04. The van der Waals surface area contributed by atoms with Gasteiger partial charge < -0.3 is 11.1 Å². The molecule has 0 aliphatic rings. The van der Waals surface area contributed by atoms with E-state index in [-0.39, 0.29) is 6.04 Å². The number of hydrogen-bond donors (Lipinski definition) is 2. The summed E-state index contributed by atoms with van der Waals surface area (Å²) in [5.41, 5.74) is 6.58. The first-order valence-corrected chi connectivity index (χ1v) is 5.91. The van der Waals surface area contributed by atoms with Crippen molar-refractivity contribution in [3.63, 3.8) is 0 Å². The molecule has 0 amide bonds. The van der Waals surface area contributed by atoms with Crippen molar-refractivity contribution in [2.75, 3.05) is 11.1 Å². The van der Waals surface area contributed by atoms with Gasteiger partial charge in [0.15, 0.2) is 0 Å². The highest BCUT2D eigenvalue weighted by molar-refractivity contribution is 7.09. The molecule has 4 nitrogen and oxygen atoms in total. The van der Waals surface area contributed by atoms with Crippen LogP contribution in [0.5, 0.6) is 0 Å². The molecule has 0 bridgehead atoms. The van der Waals surface area contributed by atoms with Crippen LogP contribution in [0, 0.1) is 0 Å². The minimum absolute atomic E-state index is 0.143. The maximum atomic E-state index is 5.82. The predicted octanol–water partition coefficient (Wildman–Crippen LogP) is 2.95. The number of hydrogen-bond acceptors (Lipinski definition) is 5. The Labute approximate surface area is 103 Å². The van der Waals surface area contributed by atoms with E-state index in [1.165, 1.54) is 11.5 Å². The van der Waals surface area contributed by atoms with Gasteiger partial charge >= 0.3 is 0 Å². The van der Waals surface area contributed by atoms with Gasteiger partial charge in [-0.05, 0) is 24.6 Å². The summed E-state index contributed by atoms with van der Waals surface area (Å²) < 4.78 is 3.90. The zero-order chi connectivity index (χ0) is 11.5. The van der Waals surface area contributed by atoms with E-state index in [0.717, 1.165) is 15.7 Å². The van der Waals surface area contributed by atoms with Gasteiger partial charge in [-0.15, -0.1) is 0 Å². The molecule has 2 aromatic rings. The van der Waals surface area contributed by atoms with Crippen LogP contribution in [-0.4, -0.2) is 9.36 Å². The second-order valence-corrected chi connectivity index (χ2v) is 4.56. The minimum atomic E-state index is 0.143. The number of benzene rings is 1. The summed E-state index contributed by atoms with van der Waals surface area (Å²) in [6, 6.07) is 7.83. The van der Waals surface area contributed by atoms with Crippen LogP contribution in [0.25, 0.3) is 0 Å². The highest BCUT2D eigenvalue weighted by atomic mass is 35.5. The van der Waals surface area contributed by atoms with Gasteiger partial charge in [-0.3, -0.25) is 0 Å². The first kappa shape index (κ1) is 11.2. The molecule has 16 heavy (non-hydrogen) atoms. The zero-order valence-electron chi connectivity index (χ0n) is 8.64. The first-order chi connectivity index (χ1) is 7.65. The molecule has 0 saturated carbocycles. The summed E-state index contributed by atoms with van der Waals surface area (Å²) in [5.74, 6) is 0.302. The normalized spacial score (nSPS) is 12.4. The van der Waals surface area contributed by atoms with E-state index in [0.29, 0.717) is 5.95 Å². The lowest BCUT2D eigenvalue weighted by Gasteiger charge is -2.12. The van der Waals surface area contributed by atoms with Crippen LogP contribution in [0.15, 0.2) is 24.3 Å². The Morgan fingerprint density at radius 1 is 1.38 bits per heavy atom. The maximum absolute atomic E-state index is 5.82. The molecule has 2 rings (SSSR count). The highest BCUT2D eigenvalue weighted by Crippen LogP contribution is 2.22. The Hall–Kier alpha value is -1.33. The average Bonchev–Trinajstić information content (AvgIpc) is 2.65. The van der Waals surface area contributed by atoms with Gasteiger partial charge in [0, 0.05) is 16.6 Å². The van der Waals surface area contributed by atoms with Crippen LogP contribution in [-0.2, 0) is 0 Å². The molecule has 0 aliphatic heterocycles. The molecule has 0 spiro atoms. The van der Waals surface area contributed by atoms with E-state index >= 15 is 0 Å². The molecule has 1 aromatic heterocycles. The third-order valence-corrected chi connectivity index (χ3v) is 3.06. The molecule has 0 saturated heterocycles. The number of aromatic nitrogens is 2. The summed E-state index contributed by atoms with van der Waals surface area (Å²) >= 11 is 7.08. The Kier molecular flexibility index (Phi) is 3.26. The molecule has 3 N–H and O–H groups in total. The van der Waals surface area contributed by atoms with Gasteiger partial charge in [0.1, 0.15) is 0 Å². The van der Waals surface area contributed by atoms with E-state index < -0.39 is 0 Å². The second-order valence-electron chi connectivity index (χ2n) is 3.38. The molecule has 1 aromatic carbocycles. The summed E-state index contributed by atoms with van der Waals surface area (Å²) in [4.78, 5) is 4.04. The van der Waals surface area contributed by atoms with Crippen molar-refractivity contribution in [3.8, 4) is 0 Å². The zero-order valence-corrected chi connectivity index (χ0v) is 10.2. The molecule has 0 radical (unpaired) electrons. The van der Waals surface area contributed by atoms with Gasteiger partial charge in [-0.2, -0.15) is 9.36 Å². The fourth-order valence-electron chi connectivity index (χ4n) is 1.31. The predicted molar refractivity (Wildman–Crippen MR) is 67.8 cm³/mol. The average molecular weight is 255 g/mol. The van der Waals surface area contributed by atoms with Crippen molar-refractivity contribution in [2.24, 2.45) is 0 Å². The molecule has 1 unspecified atom stereocenters. The van der Waals surface area contributed by atoms with Crippen LogP contribution in [0.2, 0.25) is 5.02 Å².